The normalized spacial score (nSPS) is 17.8. The fourth-order valence-electron chi connectivity index (χ4n) is 2.10. The number of nitriles is 1. The summed E-state index contributed by atoms with van der Waals surface area (Å²) in [4.78, 5) is 17.9. The number of ether oxygens (including phenoxy) is 1. The SMILES string of the molecule is CN(C(=O)C1(C#N)CCOCC1)c1ccncc1. The lowest BCUT2D eigenvalue weighted by molar-refractivity contribution is -0.129. The number of nitrogens with zero attached hydrogens (tertiary/aromatic N) is 3. The zero-order valence-electron chi connectivity index (χ0n) is 10.3. The van der Waals surface area contributed by atoms with Gasteiger partial charge in [-0.15, -0.1) is 0 Å². The van der Waals surface area contributed by atoms with E-state index < -0.39 is 5.41 Å². The third kappa shape index (κ3) is 2.20. The van der Waals surface area contributed by atoms with E-state index in [1.807, 2.05) is 0 Å². The lowest BCUT2D eigenvalue weighted by Gasteiger charge is -2.33. The number of anilines is 1. The molecule has 18 heavy (non-hydrogen) atoms. The van der Waals surface area contributed by atoms with Crippen molar-refractivity contribution in [1.82, 2.24) is 4.98 Å². The van der Waals surface area contributed by atoms with Crippen molar-refractivity contribution in [3.8, 4) is 6.07 Å². The second-order valence-electron chi connectivity index (χ2n) is 4.38. The molecular formula is C13H15N3O2. The Morgan fingerprint density at radius 3 is 2.61 bits per heavy atom. The summed E-state index contributed by atoms with van der Waals surface area (Å²) in [6.45, 7) is 0.924. The Hall–Kier alpha value is -1.93. The highest BCUT2D eigenvalue weighted by atomic mass is 16.5. The maximum Gasteiger partial charge on any atom is 0.247 e. The van der Waals surface area contributed by atoms with Crippen molar-refractivity contribution in [3.05, 3.63) is 24.5 Å². The minimum atomic E-state index is -0.948. The van der Waals surface area contributed by atoms with Gasteiger partial charge in [0.05, 0.1) is 6.07 Å². The van der Waals surface area contributed by atoms with Gasteiger partial charge < -0.3 is 9.64 Å². The molecule has 0 unspecified atom stereocenters. The van der Waals surface area contributed by atoms with Crippen LogP contribution in [0.5, 0.6) is 0 Å². The number of pyridine rings is 1. The molecule has 1 aromatic rings. The van der Waals surface area contributed by atoms with Crippen LogP contribution in [0, 0.1) is 16.7 Å². The number of amides is 1. The van der Waals surface area contributed by atoms with Gasteiger partial charge >= 0.3 is 0 Å². The number of carbonyl (C=O) groups is 1. The summed E-state index contributed by atoms with van der Waals surface area (Å²) in [5.74, 6) is -0.167. The quantitative estimate of drug-likeness (QED) is 0.789. The van der Waals surface area contributed by atoms with Gasteiger partial charge in [0.1, 0.15) is 5.41 Å². The van der Waals surface area contributed by atoms with Gasteiger partial charge in [-0.25, -0.2) is 0 Å². The zero-order chi connectivity index (χ0) is 13.0. The van der Waals surface area contributed by atoms with E-state index in [2.05, 4.69) is 11.1 Å². The van der Waals surface area contributed by atoms with Gasteiger partial charge in [0.2, 0.25) is 5.91 Å². The average Bonchev–Trinajstić information content (AvgIpc) is 2.47. The Morgan fingerprint density at radius 2 is 2.06 bits per heavy atom. The Labute approximate surface area is 106 Å². The minimum Gasteiger partial charge on any atom is -0.381 e. The van der Waals surface area contributed by atoms with Gasteiger partial charge in [0.15, 0.2) is 0 Å². The monoisotopic (exact) mass is 245 g/mol. The summed E-state index contributed by atoms with van der Waals surface area (Å²) < 4.78 is 5.23. The number of carbonyl (C=O) groups excluding carboxylic acids is 1. The average molecular weight is 245 g/mol. The fourth-order valence-corrected chi connectivity index (χ4v) is 2.10. The molecule has 2 rings (SSSR count). The van der Waals surface area contributed by atoms with Crippen LogP contribution in [0.15, 0.2) is 24.5 Å². The summed E-state index contributed by atoms with van der Waals surface area (Å²) in [5, 5.41) is 9.34. The molecule has 0 aliphatic carbocycles. The zero-order valence-corrected chi connectivity index (χ0v) is 10.3. The first-order valence-electron chi connectivity index (χ1n) is 5.87. The van der Waals surface area contributed by atoms with E-state index in [0.29, 0.717) is 26.1 Å². The summed E-state index contributed by atoms with van der Waals surface area (Å²) in [5.41, 5.74) is -0.202. The molecule has 0 aromatic carbocycles. The molecule has 0 saturated carbocycles. The second kappa shape index (κ2) is 5.15. The largest absolute Gasteiger partial charge is 0.381 e. The molecule has 0 bridgehead atoms. The summed E-state index contributed by atoms with van der Waals surface area (Å²) in [6.07, 6.45) is 4.17. The van der Waals surface area contributed by atoms with E-state index in [1.165, 1.54) is 4.90 Å². The van der Waals surface area contributed by atoms with Crippen LogP contribution in [0.3, 0.4) is 0 Å². The molecule has 1 fully saturated rings. The Balaban J connectivity index is 2.22. The molecule has 1 amide bonds. The van der Waals surface area contributed by atoms with Crippen LogP contribution >= 0.6 is 0 Å². The lowest BCUT2D eigenvalue weighted by atomic mass is 9.80. The Bertz CT molecular complexity index is 461. The highest BCUT2D eigenvalue weighted by Crippen LogP contribution is 2.32. The lowest BCUT2D eigenvalue weighted by Crippen LogP contribution is -2.44. The third-order valence-corrected chi connectivity index (χ3v) is 3.32. The maximum atomic E-state index is 12.5. The van der Waals surface area contributed by atoms with Gasteiger partial charge in [0, 0.05) is 38.3 Å². The molecule has 0 spiro atoms. The predicted molar refractivity (Wildman–Crippen MR) is 65.7 cm³/mol. The van der Waals surface area contributed by atoms with Gasteiger partial charge in [0.25, 0.3) is 0 Å². The van der Waals surface area contributed by atoms with Crippen LogP contribution in [0.4, 0.5) is 5.69 Å². The highest BCUT2D eigenvalue weighted by Gasteiger charge is 2.42. The summed E-state index contributed by atoms with van der Waals surface area (Å²) >= 11 is 0. The van der Waals surface area contributed by atoms with Crippen molar-refractivity contribution < 1.29 is 9.53 Å². The first-order chi connectivity index (χ1) is 8.69. The number of rotatable bonds is 2. The first kappa shape index (κ1) is 12.5. The van der Waals surface area contributed by atoms with Crippen LogP contribution in [0.25, 0.3) is 0 Å². The molecule has 2 heterocycles. The van der Waals surface area contributed by atoms with Gasteiger partial charge in [-0.2, -0.15) is 5.26 Å². The number of hydrogen-bond acceptors (Lipinski definition) is 4. The van der Waals surface area contributed by atoms with Crippen LogP contribution in [-0.2, 0) is 9.53 Å². The van der Waals surface area contributed by atoms with Crippen molar-refractivity contribution >= 4 is 11.6 Å². The molecule has 1 aliphatic rings. The van der Waals surface area contributed by atoms with Crippen LogP contribution in [0.1, 0.15) is 12.8 Å². The third-order valence-electron chi connectivity index (χ3n) is 3.32. The minimum absolute atomic E-state index is 0.167. The van der Waals surface area contributed by atoms with Gasteiger partial charge in [-0.3, -0.25) is 9.78 Å². The molecule has 5 heteroatoms. The molecule has 1 saturated heterocycles. The summed E-state index contributed by atoms with van der Waals surface area (Å²) in [7, 11) is 1.69. The van der Waals surface area contributed by atoms with E-state index in [1.54, 1.807) is 31.6 Å². The standard InChI is InChI=1S/C13H15N3O2/c1-16(11-2-6-15-7-3-11)12(17)13(10-14)4-8-18-9-5-13/h2-3,6-7H,4-5,8-9H2,1H3. The second-order valence-corrected chi connectivity index (χ2v) is 4.38. The maximum absolute atomic E-state index is 12.5. The Kier molecular flexibility index (Phi) is 3.58. The fraction of sp³-hybridized carbons (Fsp3) is 0.462. The summed E-state index contributed by atoms with van der Waals surface area (Å²) in [6, 6.07) is 5.69. The van der Waals surface area contributed by atoms with E-state index in [4.69, 9.17) is 4.74 Å². The highest BCUT2D eigenvalue weighted by molar-refractivity contribution is 5.98. The molecule has 1 aromatic heterocycles. The van der Waals surface area contributed by atoms with Crippen LogP contribution in [0.2, 0.25) is 0 Å². The molecule has 1 aliphatic heterocycles. The predicted octanol–water partition coefficient (Wildman–Crippen LogP) is 1.36. The van der Waals surface area contributed by atoms with Crippen molar-refractivity contribution in [2.75, 3.05) is 25.2 Å². The molecule has 0 radical (unpaired) electrons. The number of aromatic nitrogens is 1. The molecule has 0 N–H and O–H groups in total. The molecule has 5 nitrogen and oxygen atoms in total. The van der Waals surface area contributed by atoms with Crippen molar-refractivity contribution in [3.63, 3.8) is 0 Å². The van der Waals surface area contributed by atoms with E-state index in [9.17, 15) is 10.1 Å². The molecule has 94 valence electrons. The van der Waals surface area contributed by atoms with E-state index >= 15 is 0 Å². The smallest absolute Gasteiger partial charge is 0.247 e. The topological polar surface area (TPSA) is 66.2 Å². The van der Waals surface area contributed by atoms with Crippen LogP contribution in [-0.4, -0.2) is 31.2 Å². The van der Waals surface area contributed by atoms with E-state index in [0.717, 1.165) is 5.69 Å². The van der Waals surface area contributed by atoms with Crippen LogP contribution < -0.4 is 4.90 Å². The van der Waals surface area contributed by atoms with Gasteiger partial charge in [-0.1, -0.05) is 0 Å². The van der Waals surface area contributed by atoms with Crippen molar-refractivity contribution in [2.24, 2.45) is 5.41 Å². The number of hydrogen-bond donors (Lipinski definition) is 0. The van der Waals surface area contributed by atoms with Crippen molar-refractivity contribution in [1.29, 1.82) is 5.26 Å². The Morgan fingerprint density at radius 1 is 1.44 bits per heavy atom. The first-order valence-corrected chi connectivity index (χ1v) is 5.87. The van der Waals surface area contributed by atoms with Gasteiger partial charge in [-0.05, 0) is 25.0 Å². The van der Waals surface area contributed by atoms with Crippen molar-refractivity contribution in [2.45, 2.75) is 12.8 Å². The molecule has 0 atom stereocenters. The van der Waals surface area contributed by atoms with E-state index in [-0.39, 0.29) is 5.91 Å². The molecular weight excluding hydrogens is 230 g/mol.